The lowest BCUT2D eigenvalue weighted by Gasteiger charge is -2.23. The van der Waals surface area contributed by atoms with Gasteiger partial charge in [0.25, 0.3) is 0 Å². The molecule has 5 nitrogen and oxygen atoms in total. The van der Waals surface area contributed by atoms with Crippen LogP contribution in [-0.4, -0.2) is 16.1 Å². The lowest BCUT2D eigenvalue weighted by molar-refractivity contribution is -0.126. The topological polar surface area (TPSA) is 68.0 Å². The molecule has 0 unspecified atom stereocenters. The Labute approximate surface area is 163 Å². The zero-order valence-electron chi connectivity index (χ0n) is 15.5. The maximum Gasteiger partial charge on any atom is 0.247 e. The van der Waals surface area contributed by atoms with Crippen molar-refractivity contribution in [2.75, 3.05) is 0 Å². The first-order chi connectivity index (χ1) is 13.7. The molecule has 1 fully saturated rings. The van der Waals surface area contributed by atoms with Crippen LogP contribution in [0.3, 0.4) is 0 Å². The first-order valence-corrected chi connectivity index (χ1v) is 9.65. The van der Waals surface area contributed by atoms with E-state index in [1.807, 2.05) is 30.3 Å². The molecule has 0 radical (unpaired) electrons. The Morgan fingerprint density at radius 2 is 1.71 bits per heavy atom. The second-order valence-electron chi connectivity index (χ2n) is 7.14. The Hall–Kier alpha value is -3.02. The molecule has 1 aliphatic carbocycles. The van der Waals surface area contributed by atoms with Crippen molar-refractivity contribution in [3.05, 3.63) is 71.9 Å². The van der Waals surface area contributed by atoms with Gasteiger partial charge in [-0.05, 0) is 42.7 Å². The Bertz CT molecular complexity index is 918. The van der Waals surface area contributed by atoms with Crippen LogP contribution >= 0.6 is 0 Å². The highest BCUT2D eigenvalue weighted by atomic mass is 19.1. The summed E-state index contributed by atoms with van der Waals surface area (Å²) < 4.78 is 19.3. The largest absolute Gasteiger partial charge is 0.418 e. The highest BCUT2D eigenvalue weighted by Gasteiger charge is 2.28. The molecular weight excluding hydrogens is 357 g/mol. The van der Waals surface area contributed by atoms with Crippen molar-refractivity contribution in [1.29, 1.82) is 0 Å². The number of hydrogen-bond acceptors (Lipinski definition) is 4. The summed E-state index contributed by atoms with van der Waals surface area (Å²) in [6, 6.07) is 14.8. The predicted molar refractivity (Wildman–Crippen MR) is 103 cm³/mol. The molecule has 0 spiro atoms. The molecule has 1 aliphatic rings. The van der Waals surface area contributed by atoms with Gasteiger partial charge in [0.15, 0.2) is 0 Å². The van der Waals surface area contributed by atoms with E-state index in [-0.39, 0.29) is 23.5 Å². The van der Waals surface area contributed by atoms with Crippen molar-refractivity contribution in [3.63, 3.8) is 0 Å². The number of benzene rings is 2. The number of rotatable bonds is 5. The summed E-state index contributed by atoms with van der Waals surface area (Å²) in [5, 5.41) is 11.3. The van der Waals surface area contributed by atoms with Crippen molar-refractivity contribution in [1.82, 2.24) is 15.5 Å². The van der Waals surface area contributed by atoms with E-state index in [1.165, 1.54) is 18.6 Å². The van der Waals surface area contributed by atoms with Gasteiger partial charge in [0.1, 0.15) is 11.9 Å². The van der Waals surface area contributed by atoms with Crippen molar-refractivity contribution < 1.29 is 13.6 Å². The van der Waals surface area contributed by atoms with E-state index in [2.05, 4.69) is 15.5 Å². The second kappa shape index (κ2) is 8.33. The van der Waals surface area contributed by atoms with Gasteiger partial charge in [-0.3, -0.25) is 4.79 Å². The van der Waals surface area contributed by atoms with Gasteiger partial charge in [0.2, 0.25) is 17.7 Å². The summed E-state index contributed by atoms with van der Waals surface area (Å²) in [6.45, 7) is 0. The fraction of sp³-hybridized carbons (Fsp3) is 0.318. The van der Waals surface area contributed by atoms with E-state index >= 15 is 0 Å². The number of aromatic nitrogens is 2. The third-order valence-corrected chi connectivity index (χ3v) is 5.17. The summed E-state index contributed by atoms with van der Waals surface area (Å²) in [6.07, 6.45) is 5.09. The van der Waals surface area contributed by atoms with Crippen LogP contribution < -0.4 is 5.32 Å². The lowest BCUT2D eigenvalue weighted by atomic mass is 9.88. The summed E-state index contributed by atoms with van der Waals surface area (Å²) in [5.74, 6) is 0.308. The Morgan fingerprint density at radius 3 is 2.43 bits per heavy atom. The smallest absolute Gasteiger partial charge is 0.247 e. The number of halogens is 1. The van der Waals surface area contributed by atoms with Crippen molar-refractivity contribution in [3.8, 4) is 11.5 Å². The molecule has 1 N–H and O–H groups in total. The van der Waals surface area contributed by atoms with E-state index < -0.39 is 6.04 Å². The van der Waals surface area contributed by atoms with Gasteiger partial charge in [-0.25, -0.2) is 4.39 Å². The number of nitrogens with zero attached hydrogens (tertiary/aromatic N) is 2. The van der Waals surface area contributed by atoms with Crippen LogP contribution in [0.4, 0.5) is 4.39 Å². The first kappa shape index (κ1) is 18.3. The van der Waals surface area contributed by atoms with Gasteiger partial charge < -0.3 is 9.73 Å². The summed E-state index contributed by atoms with van der Waals surface area (Å²) in [7, 11) is 0. The Kier molecular flexibility index (Phi) is 5.46. The normalized spacial score (nSPS) is 15.9. The van der Waals surface area contributed by atoms with E-state index in [9.17, 15) is 9.18 Å². The monoisotopic (exact) mass is 379 g/mol. The van der Waals surface area contributed by atoms with Crippen molar-refractivity contribution >= 4 is 5.91 Å². The van der Waals surface area contributed by atoms with Crippen LogP contribution in [-0.2, 0) is 4.79 Å². The van der Waals surface area contributed by atoms with Crippen molar-refractivity contribution in [2.24, 2.45) is 5.92 Å². The molecule has 6 heteroatoms. The van der Waals surface area contributed by atoms with Crippen LogP contribution in [0.5, 0.6) is 0 Å². The maximum absolute atomic E-state index is 13.4. The quantitative estimate of drug-likeness (QED) is 0.700. The lowest BCUT2D eigenvalue weighted by Crippen LogP contribution is -2.35. The van der Waals surface area contributed by atoms with Crippen LogP contribution in [0.15, 0.2) is 59.0 Å². The number of hydrogen-bond donors (Lipinski definition) is 1. The highest BCUT2D eigenvalue weighted by molar-refractivity contribution is 5.79. The fourth-order valence-electron chi connectivity index (χ4n) is 3.62. The van der Waals surface area contributed by atoms with Gasteiger partial charge in [0.05, 0.1) is 0 Å². The minimum absolute atomic E-state index is 0.00628. The van der Waals surface area contributed by atoms with E-state index in [1.54, 1.807) is 12.1 Å². The van der Waals surface area contributed by atoms with Crippen LogP contribution in [0.25, 0.3) is 11.5 Å². The SMILES string of the molecule is O=C(N[C@@H](c1ccc(F)cc1)c1nnc(-c2ccccc2)o1)C1CCCCC1. The number of carbonyl (C=O) groups excluding carboxylic acids is 1. The minimum atomic E-state index is -0.611. The van der Waals surface area contributed by atoms with Gasteiger partial charge in [-0.15, -0.1) is 10.2 Å². The molecular formula is C22H22FN3O2. The molecule has 1 heterocycles. The van der Waals surface area contributed by atoms with Gasteiger partial charge in [-0.2, -0.15) is 0 Å². The molecule has 4 rings (SSSR count). The average Bonchev–Trinajstić information content (AvgIpc) is 3.24. The highest BCUT2D eigenvalue weighted by Crippen LogP contribution is 2.28. The van der Waals surface area contributed by atoms with Gasteiger partial charge >= 0.3 is 0 Å². The average molecular weight is 379 g/mol. The van der Waals surface area contributed by atoms with Gasteiger partial charge in [-0.1, -0.05) is 49.6 Å². The molecule has 1 aromatic heterocycles. The predicted octanol–water partition coefficient (Wildman–Crippen LogP) is 4.66. The van der Waals surface area contributed by atoms with Crippen LogP contribution in [0.2, 0.25) is 0 Å². The molecule has 1 saturated carbocycles. The van der Waals surface area contributed by atoms with E-state index in [4.69, 9.17) is 4.42 Å². The number of nitrogens with one attached hydrogen (secondary N) is 1. The second-order valence-corrected chi connectivity index (χ2v) is 7.14. The van der Waals surface area contributed by atoms with E-state index in [0.717, 1.165) is 31.2 Å². The van der Waals surface area contributed by atoms with Crippen LogP contribution in [0.1, 0.15) is 49.6 Å². The fourth-order valence-corrected chi connectivity index (χ4v) is 3.62. The standard InChI is InChI=1S/C22H22FN3O2/c23-18-13-11-15(12-14-18)19(24-20(27)16-7-3-1-4-8-16)22-26-25-21(28-22)17-9-5-2-6-10-17/h2,5-6,9-14,16,19H,1,3-4,7-8H2,(H,24,27)/t19-/m0/s1. The van der Waals surface area contributed by atoms with Gasteiger partial charge in [0, 0.05) is 11.5 Å². The number of amides is 1. The molecule has 144 valence electrons. The third kappa shape index (κ3) is 4.11. The van der Waals surface area contributed by atoms with E-state index in [0.29, 0.717) is 11.5 Å². The molecule has 1 atom stereocenters. The third-order valence-electron chi connectivity index (χ3n) is 5.17. The molecule has 3 aromatic rings. The maximum atomic E-state index is 13.4. The Balaban J connectivity index is 1.62. The zero-order valence-corrected chi connectivity index (χ0v) is 15.5. The summed E-state index contributed by atoms with van der Waals surface area (Å²) in [5.41, 5.74) is 1.51. The minimum Gasteiger partial charge on any atom is -0.418 e. The summed E-state index contributed by atoms with van der Waals surface area (Å²) >= 11 is 0. The summed E-state index contributed by atoms with van der Waals surface area (Å²) in [4.78, 5) is 12.8. The molecule has 0 saturated heterocycles. The molecule has 0 bridgehead atoms. The molecule has 1 amide bonds. The Morgan fingerprint density at radius 1 is 1.00 bits per heavy atom. The first-order valence-electron chi connectivity index (χ1n) is 9.65. The molecule has 2 aromatic carbocycles. The zero-order chi connectivity index (χ0) is 19.3. The van der Waals surface area contributed by atoms with Crippen LogP contribution in [0, 0.1) is 11.7 Å². The molecule has 28 heavy (non-hydrogen) atoms. The van der Waals surface area contributed by atoms with Crippen molar-refractivity contribution in [2.45, 2.75) is 38.1 Å². The number of carbonyl (C=O) groups is 1. The molecule has 0 aliphatic heterocycles.